The van der Waals surface area contributed by atoms with Gasteiger partial charge in [0.15, 0.2) is 5.13 Å². The molecule has 0 fully saturated rings. The van der Waals surface area contributed by atoms with E-state index in [1.807, 2.05) is 35.8 Å². The predicted molar refractivity (Wildman–Crippen MR) is 126 cm³/mol. The van der Waals surface area contributed by atoms with Gasteiger partial charge in [-0.25, -0.2) is 4.98 Å². The first-order valence-electron chi connectivity index (χ1n) is 10.2. The van der Waals surface area contributed by atoms with Crippen molar-refractivity contribution in [3.05, 3.63) is 65.7 Å². The second kappa shape index (κ2) is 9.65. The SMILES string of the molecule is CN(CC(=O)Nc1nc(-c2c[nH]c3ccccc23)cs1)CC(=O)Nc1ccccc1C(F)(F)F. The normalized spacial score (nSPS) is 11.7. The first-order chi connectivity index (χ1) is 16.2. The number of nitrogens with one attached hydrogen (secondary N) is 3. The van der Waals surface area contributed by atoms with Gasteiger partial charge in [0.2, 0.25) is 11.8 Å². The highest BCUT2D eigenvalue weighted by Crippen LogP contribution is 2.34. The van der Waals surface area contributed by atoms with Crippen LogP contribution >= 0.6 is 11.3 Å². The minimum absolute atomic E-state index is 0.143. The summed E-state index contributed by atoms with van der Waals surface area (Å²) in [6.45, 7) is -0.408. The Morgan fingerprint density at radius 3 is 2.47 bits per heavy atom. The molecule has 0 aliphatic carbocycles. The fraction of sp³-hybridized carbons (Fsp3) is 0.174. The van der Waals surface area contributed by atoms with Gasteiger partial charge in [-0.3, -0.25) is 14.5 Å². The first-order valence-corrected chi connectivity index (χ1v) is 11.0. The number of para-hydroxylation sites is 2. The van der Waals surface area contributed by atoms with E-state index in [4.69, 9.17) is 0 Å². The molecule has 34 heavy (non-hydrogen) atoms. The van der Waals surface area contributed by atoms with Crippen LogP contribution in [0.25, 0.3) is 22.2 Å². The van der Waals surface area contributed by atoms with E-state index in [1.165, 1.54) is 41.5 Å². The quantitative estimate of drug-likeness (QED) is 0.349. The number of alkyl halides is 3. The van der Waals surface area contributed by atoms with E-state index in [0.717, 1.165) is 22.5 Å². The van der Waals surface area contributed by atoms with Gasteiger partial charge in [0.25, 0.3) is 0 Å². The van der Waals surface area contributed by atoms with E-state index in [-0.39, 0.29) is 18.8 Å². The zero-order chi connectivity index (χ0) is 24.3. The number of hydrogen-bond acceptors (Lipinski definition) is 5. The van der Waals surface area contributed by atoms with Gasteiger partial charge in [-0.05, 0) is 25.2 Å². The number of fused-ring (bicyclic) bond motifs is 1. The molecule has 0 atom stereocenters. The number of carbonyl (C=O) groups is 2. The van der Waals surface area contributed by atoms with E-state index in [1.54, 1.807) is 0 Å². The van der Waals surface area contributed by atoms with Gasteiger partial charge in [-0.2, -0.15) is 13.2 Å². The fourth-order valence-electron chi connectivity index (χ4n) is 3.47. The van der Waals surface area contributed by atoms with Crippen LogP contribution in [0, 0.1) is 0 Å². The molecule has 0 saturated heterocycles. The van der Waals surface area contributed by atoms with Crippen LogP contribution in [0.4, 0.5) is 24.0 Å². The van der Waals surface area contributed by atoms with Crippen molar-refractivity contribution in [1.82, 2.24) is 14.9 Å². The number of likely N-dealkylation sites (N-methyl/N-ethyl adjacent to an activating group) is 1. The van der Waals surface area contributed by atoms with Gasteiger partial charge >= 0.3 is 6.18 Å². The summed E-state index contributed by atoms with van der Waals surface area (Å²) in [4.78, 5) is 33.6. The minimum atomic E-state index is -4.59. The van der Waals surface area contributed by atoms with Crippen LogP contribution in [0.5, 0.6) is 0 Å². The summed E-state index contributed by atoms with van der Waals surface area (Å²) in [6, 6.07) is 12.5. The molecular weight excluding hydrogens is 467 g/mol. The molecule has 2 aromatic carbocycles. The maximum absolute atomic E-state index is 13.1. The predicted octanol–water partition coefficient (Wildman–Crippen LogP) is 4.82. The van der Waals surface area contributed by atoms with Crippen molar-refractivity contribution >= 4 is 44.9 Å². The van der Waals surface area contributed by atoms with E-state index < -0.39 is 23.6 Å². The third kappa shape index (κ3) is 5.43. The molecule has 0 radical (unpaired) electrons. The van der Waals surface area contributed by atoms with E-state index in [2.05, 4.69) is 20.6 Å². The standard InChI is InChI=1S/C23H20F3N5O2S/c1-31(11-20(32)28-18-9-5-3-7-16(18)23(24,25)26)12-21(33)30-22-29-19(13-34-22)15-10-27-17-8-4-2-6-14(15)17/h2-10,13,27H,11-12H2,1H3,(H,28,32)(H,29,30,33). The lowest BCUT2D eigenvalue weighted by Gasteiger charge is -2.17. The van der Waals surface area contributed by atoms with E-state index in [0.29, 0.717) is 10.8 Å². The molecule has 7 nitrogen and oxygen atoms in total. The molecule has 4 aromatic rings. The summed E-state index contributed by atoms with van der Waals surface area (Å²) in [5, 5.41) is 8.21. The highest BCUT2D eigenvalue weighted by molar-refractivity contribution is 7.14. The highest BCUT2D eigenvalue weighted by atomic mass is 32.1. The maximum Gasteiger partial charge on any atom is 0.418 e. The lowest BCUT2D eigenvalue weighted by atomic mass is 10.1. The molecule has 11 heteroatoms. The number of anilines is 2. The topological polar surface area (TPSA) is 90.1 Å². The van der Waals surface area contributed by atoms with Gasteiger partial charge in [-0.15, -0.1) is 11.3 Å². The molecule has 0 spiro atoms. The monoisotopic (exact) mass is 487 g/mol. The molecule has 0 aliphatic heterocycles. The Bertz CT molecular complexity index is 1330. The van der Waals surface area contributed by atoms with Crippen molar-refractivity contribution in [3.8, 4) is 11.3 Å². The average Bonchev–Trinajstić information content (AvgIpc) is 3.39. The van der Waals surface area contributed by atoms with Gasteiger partial charge < -0.3 is 15.6 Å². The Morgan fingerprint density at radius 2 is 1.71 bits per heavy atom. The summed E-state index contributed by atoms with van der Waals surface area (Å²) in [5.41, 5.74) is 1.35. The Hall–Kier alpha value is -3.70. The highest BCUT2D eigenvalue weighted by Gasteiger charge is 2.33. The molecule has 0 saturated carbocycles. The molecule has 2 heterocycles. The summed E-state index contributed by atoms with van der Waals surface area (Å²) in [7, 11) is 1.52. The Labute approximate surface area is 196 Å². The second-order valence-corrected chi connectivity index (χ2v) is 8.46. The Morgan fingerprint density at radius 1 is 1.03 bits per heavy atom. The van der Waals surface area contributed by atoms with Gasteiger partial charge in [0, 0.05) is 28.0 Å². The zero-order valence-corrected chi connectivity index (χ0v) is 18.8. The third-order valence-corrected chi connectivity index (χ3v) is 5.71. The second-order valence-electron chi connectivity index (χ2n) is 7.60. The summed E-state index contributed by atoms with van der Waals surface area (Å²) >= 11 is 1.27. The van der Waals surface area contributed by atoms with Gasteiger partial charge in [0.1, 0.15) is 0 Å². The first kappa shape index (κ1) is 23.5. The van der Waals surface area contributed by atoms with Crippen LogP contribution in [0.15, 0.2) is 60.1 Å². The molecule has 3 N–H and O–H groups in total. The zero-order valence-electron chi connectivity index (χ0n) is 17.9. The number of aromatic amines is 1. The van der Waals surface area contributed by atoms with Crippen LogP contribution in [0.2, 0.25) is 0 Å². The van der Waals surface area contributed by atoms with E-state index in [9.17, 15) is 22.8 Å². The molecule has 4 rings (SSSR count). The van der Waals surface area contributed by atoms with Crippen molar-refractivity contribution in [2.75, 3.05) is 30.8 Å². The molecule has 0 unspecified atom stereocenters. The van der Waals surface area contributed by atoms with Crippen molar-refractivity contribution in [3.63, 3.8) is 0 Å². The lowest BCUT2D eigenvalue weighted by molar-refractivity contribution is -0.137. The van der Waals surface area contributed by atoms with Crippen molar-refractivity contribution in [1.29, 1.82) is 0 Å². The number of aromatic nitrogens is 2. The number of rotatable bonds is 7. The van der Waals surface area contributed by atoms with Gasteiger partial charge in [-0.1, -0.05) is 30.3 Å². The fourth-order valence-corrected chi connectivity index (χ4v) is 4.20. The van der Waals surface area contributed by atoms with Crippen molar-refractivity contribution < 1.29 is 22.8 Å². The Balaban J connectivity index is 1.32. The lowest BCUT2D eigenvalue weighted by Crippen LogP contribution is -2.36. The minimum Gasteiger partial charge on any atom is -0.360 e. The van der Waals surface area contributed by atoms with Crippen LogP contribution in [0.3, 0.4) is 0 Å². The number of thiazole rings is 1. The summed E-state index contributed by atoms with van der Waals surface area (Å²) in [5.74, 6) is -1.06. The van der Waals surface area contributed by atoms with Crippen LogP contribution in [-0.4, -0.2) is 46.8 Å². The number of benzene rings is 2. The number of halogens is 3. The summed E-state index contributed by atoms with van der Waals surface area (Å²) < 4.78 is 39.3. The average molecular weight is 488 g/mol. The number of hydrogen-bond donors (Lipinski definition) is 3. The number of nitrogens with zero attached hydrogens (tertiary/aromatic N) is 2. The third-order valence-electron chi connectivity index (χ3n) is 4.95. The smallest absolute Gasteiger partial charge is 0.360 e. The maximum atomic E-state index is 13.1. The molecule has 0 bridgehead atoms. The number of carbonyl (C=O) groups excluding carboxylic acids is 2. The molecule has 2 amide bonds. The van der Waals surface area contributed by atoms with E-state index >= 15 is 0 Å². The van der Waals surface area contributed by atoms with Crippen LogP contribution in [-0.2, 0) is 15.8 Å². The Kier molecular flexibility index (Phi) is 6.66. The summed E-state index contributed by atoms with van der Waals surface area (Å²) in [6.07, 6.45) is -2.73. The molecule has 176 valence electrons. The van der Waals surface area contributed by atoms with Crippen LogP contribution < -0.4 is 10.6 Å². The largest absolute Gasteiger partial charge is 0.418 e. The number of H-pyrrole nitrogens is 1. The number of amides is 2. The molecule has 0 aliphatic rings. The van der Waals surface area contributed by atoms with Crippen molar-refractivity contribution in [2.24, 2.45) is 0 Å². The molecular formula is C23H20F3N5O2S. The van der Waals surface area contributed by atoms with Gasteiger partial charge in [0.05, 0.1) is 30.0 Å². The van der Waals surface area contributed by atoms with Crippen LogP contribution in [0.1, 0.15) is 5.56 Å². The van der Waals surface area contributed by atoms with Crippen molar-refractivity contribution in [2.45, 2.75) is 6.18 Å². The molecule has 2 aromatic heterocycles.